The molecule has 5 atom stereocenters. The first kappa shape index (κ1) is 20.0. The molecule has 3 unspecified atom stereocenters. The molecule has 2 rings (SSSR count). The quantitative estimate of drug-likeness (QED) is 0.414. The zero-order valence-electron chi connectivity index (χ0n) is 15.1. The molecule has 1 heterocycles. The van der Waals surface area contributed by atoms with E-state index in [2.05, 4.69) is 6.92 Å². The molecule has 0 radical (unpaired) electrons. The highest BCUT2D eigenvalue weighted by Crippen LogP contribution is 2.45. The van der Waals surface area contributed by atoms with Crippen molar-refractivity contribution in [2.75, 3.05) is 0 Å². The Morgan fingerprint density at radius 2 is 2.16 bits per heavy atom. The van der Waals surface area contributed by atoms with Crippen LogP contribution in [0.3, 0.4) is 0 Å². The zero-order valence-corrected chi connectivity index (χ0v) is 15.1. The summed E-state index contributed by atoms with van der Waals surface area (Å²) in [6.07, 6.45) is 12.0. The molecule has 0 aromatic carbocycles. The number of carbonyl (C=O) groups is 1. The van der Waals surface area contributed by atoms with Crippen LogP contribution in [0.25, 0.3) is 0 Å². The number of ether oxygens (including phenoxy) is 1. The van der Waals surface area contributed by atoms with Crippen molar-refractivity contribution < 1.29 is 24.9 Å². The summed E-state index contributed by atoms with van der Waals surface area (Å²) in [6, 6.07) is 0. The van der Waals surface area contributed by atoms with E-state index in [4.69, 9.17) is 9.84 Å². The van der Waals surface area contributed by atoms with Crippen LogP contribution in [-0.2, 0) is 9.53 Å². The zero-order chi connectivity index (χ0) is 18.2. The van der Waals surface area contributed by atoms with Gasteiger partial charge in [0.2, 0.25) is 0 Å². The molecule has 3 N–H and O–H groups in total. The van der Waals surface area contributed by atoms with Crippen molar-refractivity contribution in [1.29, 1.82) is 0 Å². The van der Waals surface area contributed by atoms with Gasteiger partial charge in [0.05, 0.1) is 18.0 Å². The lowest BCUT2D eigenvalue weighted by molar-refractivity contribution is -0.137. The van der Waals surface area contributed by atoms with Crippen molar-refractivity contribution in [3.8, 4) is 0 Å². The van der Waals surface area contributed by atoms with Crippen LogP contribution in [0.5, 0.6) is 0 Å². The Morgan fingerprint density at radius 1 is 1.36 bits per heavy atom. The fraction of sp³-hybridized carbons (Fsp3) is 0.750. The van der Waals surface area contributed by atoms with Crippen LogP contribution in [0.1, 0.15) is 64.7 Å². The summed E-state index contributed by atoms with van der Waals surface area (Å²) >= 11 is 0. The largest absolute Gasteiger partial charge is 0.495 e. The van der Waals surface area contributed by atoms with Crippen molar-refractivity contribution in [3.05, 3.63) is 24.0 Å². The van der Waals surface area contributed by atoms with Gasteiger partial charge in [0.15, 0.2) is 0 Å². The summed E-state index contributed by atoms with van der Waals surface area (Å²) in [5, 5.41) is 29.0. The lowest BCUT2D eigenvalue weighted by Gasteiger charge is -2.16. The molecule has 142 valence electrons. The minimum absolute atomic E-state index is 0.0238. The van der Waals surface area contributed by atoms with E-state index in [1.807, 2.05) is 18.2 Å². The second-order valence-electron chi connectivity index (χ2n) is 7.31. The Morgan fingerprint density at radius 3 is 2.88 bits per heavy atom. The van der Waals surface area contributed by atoms with Gasteiger partial charge in [-0.15, -0.1) is 0 Å². The summed E-state index contributed by atoms with van der Waals surface area (Å²) in [4.78, 5) is 10.5. The van der Waals surface area contributed by atoms with Gasteiger partial charge >= 0.3 is 5.97 Å². The molecule has 2 fully saturated rings. The molecule has 0 aromatic heterocycles. The second kappa shape index (κ2) is 9.97. The lowest BCUT2D eigenvalue weighted by atomic mass is 9.90. The highest BCUT2D eigenvalue weighted by molar-refractivity contribution is 5.66. The molecule has 1 saturated carbocycles. The van der Waals surface area contributed by atoms with Crippen LogP contribution >= 0.6 is 0 Å². The maximum Gasteiger partial charge on any atom is 0.303 e. The third-order valence-corrected chi connectivity index (χ3v) is 5.26. The molecule has 1 aliphatic carbocycles. The van der Waals surface area contributed by atoms with Gasteiger partial charge in [-0.3, -0.25) is 4.79 Å². The van der Waals surface area contributed by atoms with E-state index in [1.165, 1.54) is 0 Å². The van der Waals surface area contributed by atoms with Gasteiger partial charge in [-0.1, -0.05) is 38.3 Å². The number of carboxylic acids is 1. The minimum atomic E-state index is -0.770. The van der Waals surface area contributed by atoms with Crippen LogP contribution in [0.2, 0.25) is 0 Å². The number of carboxylic acid groups (broad SMARTS) is 1. The summed E-state index contributed by atoms with van der Waals surface area (Å²) in [5.41, 5.74) is 0. The Labute approximate surface area is 150 Å². The maximum absolute atomic E-state index is 10.5. The smallest absolute Gasteiger partial charge is 0.303 e. The average molecular weight is 352 g/mol. The van der Waals surface area contributed by atoms with Crippen LogP contribution in [-0.4, -0.2) is 39.6 Å². The predicted octanol–water partition coefficient (Wildman–Crippen LogP) is 3.41. The first-order valence-corrected chi connectivity index (χ1v) is 9.63. The topological polar surface area (TPSA) is 87.0 Å². The summed E-state index contributed by atoms with van der Waals surface area (Å²) < 4.78 is 5.94. The third kappa shape index (κ3) is 6.15. The lowest BCUT2D eigenvalue weighted by Crippen LogP contribution is -2.18. The number of aliphatic hydroxyl groups excluding tert-OH is 2. The molecule has 25 heavy (non-hydrogen) atoms. The number of hydrogen-bond donors (Lipinski definition) is 3. The SMILES string of the molecule is CCCCCC(O)C=C[C@@H]1C2CC(=CCCCC(=O)O)OC2C[C@H]1O. The van der Waals surface area contributed by atoms with E-state index < -0.39 is 18.2 Å². The van der Waals surface area contributed by atoms with Gasteiger partial charge < -0.3 is 20.1 Å². The number of fused-ring (bicyclic) bond motifs is 1. The number of rotatable bonds is 10. The van der Waals surface area contributed by atoms with Crippen LogP contribution in [0, 0.1) is 11.8 Å². The van der Waals surface area contributed by atoms with E-state index in [-0.39, 0.29) is 24.4 Å². The fourth-order valence-electron chi connectivity index (χ4n) is 3.86. The van der Waals surface area contributed by atoms with E-state index in [0.717, 1.165) is 37.9 Å². The molecule has 1 saturated heterocycles. The molecule has 0 spiro atoms. The van der Waals surface area contributed by atoms with Gasteiger partial charge in [-0.2, -0.15) is 0 Å². The van der Waals surface area contributed by atoms with Gasteiger partial charge in [0.1, 0.15) is 6.10 Å². The molecule has 5 heteroatoms. The molecular formula is C20H32O5. The molecule has 1 aliphatic heterocycles. The van der Waals surface area contributed by atoms with Gasteiger partial charge in [-0.25, -0.2) is 0 Å². The van der Waals surface area contributed by atoms with Gasteiger partial charge in [-0.05, 0) is 25.3 Å². The molecule has 2 aliphatic rings. The predicted molar refractivity (Wildman–Crippen MR) is 96.0 cm³/mol. The van der Waals surface area contributed by atoms with Crippen molar-refractivity contribution in [3.63, 3.8) is 0 Å². The number of aliphatic carboxylic acids is 1. The molecular weight excluding hydrogens is 320 g/mol. The average Bonchev–Trinajstić information content (AvgIpc) is 3.06. The summed E-state index contributed by atoms with van der Waals surface area (Å²) in [6.45, 7) is 2.14. The number of unbranched alkanes of at least 4 members (excludes halogenated alkanes) is 3. The fourth-order valence-corrected chi connectivity index (χ4v) is 3.86. The highest BCUT2D eigenvalue weighted by atomic mass is 16.5. The van der Waals surface area contributed by atoms with Crippen molar-refractivity contribution in [2.45, 2.75) is 83.0 Å². The van der Waals surface area contributed by atoms with Crippen LogP contribution < -0.4 is 0 Å². The molecule has 5 nitrogen and oxygen atoms in total. The number of allylic oxidation sites excluding steroid dienone is 2. The summed E-state index contributed by atoms with van der Waals surface area (Å²) in [5.74, 6) is 0.429. The Balaban J connectivity index is 1.83. The second-order valence-corrected chi connectivity index (χ2v) is 7.31. The first-order chi connectivity index (χ1) is 12.0. The van der Waals surface area contributed by atoms with Gasteiger partial charge in [0.25, 0.3) is 0 Å². The highest BCUT2D eigenvalue weighted by Gasteiger charge is 2.46. The first-order valence-electron chi connectivity index (χ1n) is 9.63. The minimum Gasteiger partial charge on any atom is -0.495 e. The standard InChI is InChI=1S/C20H32O5/c1-2-3-4-7-14(21)10-11-16-17-12-15(8-5-6-9-20(23)24)25-19(17)13-18(16)22/h8,10-11,14,16-19,21-22H,2-7,9,12-13H2,1H3,(H,23,24)/t14?,16-,17?,18-,19?/m1/s1. The number of hydrogen-bond acceptors (Lipinski definition) is 4. The van der Waals surface area contributed by atoms with Crippen molar-refractivity contribution >= 4 is 5.97 Å². The van der Waals surface area contributed by atoms with Gasteiger partial charge in [0, 0.05) is 31.1 Å². The Kier molecular flexibility index (Phi) is 7.97. The van der Waals surface area contributed by atoms with Crippen LogP contribution in [0.4, 0.5) is 0 Å². The molecule has 0 aromatic rings. The van der Waals surface area contributed by atoms with Crippen molar-refractivity contribution in [1.82, 2.24) is 0 Å². The number of aliphatic hydroxyl groups is 2. The third-order valence-electron chi connectivity index (χ3n) is 5.26. The maximum atomic E-state index is 10.5. The van der Waals surface area contributed by atoms with E-state index in [9.17, 15) is 15.0 Å². The van der Waals surface area contributed by atoms with Crippen molar-refractivity contribution in [2.24, 2.45) is 11.8 Å². The van der Waals surface area contributed by atoms with E-state index in [1.54, 1.807) is 0 Å². The van der Waals surface area contributed by atoms with E-state index >= 15 is 0 Å². The monoisotopic (exact) mass is 352 g/mol. The van der Waals surface area contributed by atoms with Crippen LogP contribution in [0.15, 0.2) is 24.0 Å². The Bertz CT molecular complexity index is 484. The van der Waals surface area contributed by atoms with E-state index in [0.29, 0.717) is 19.3 Å². The molecule has 0 bridgehead atoms. The molecule has 0 amide bonds. The Hall–Kier alpha value is -1.33. The summed E-state index contributed by atoms with van der Waals surface area (Å²) in [7, 11) is 0. The normalized spacial score (nSPS) is 31.4.